The lowest BCUT2D eigenvalue weighted by Gasteiger charge is -2.48. The molecule has 19 nitrogen and oxygen atoms in total. The number of carbonyl (C=O) groups excluding carboxylic acids is 1. The molecule has 0 aromatic rings. The van der Waals surface area contributed by atoms with Crippen LogP contribution >= 0.6 is 0 Å². The average molecular weight is 1170 g/mol. The minimum atomic E-state index is -1.98. The fourth-order valence-corrected chi connectivity index (χ4v) is 10.3. The second-order valence-corrected chi connectivity index (χ2v) is 22.5. The van der Waals surface area contributed by atoms with Crippen LogP contribution in [0.25, 0.3) is 0 Å². The summed E-state index contributed by atoms with van der Waals surface area (Å²) in [6, 6.07) is -0.997. The smallest absolute Gasteiger partial charge is 0.220 e. The van der Waals surface area contributed by atoms with E-state index in [0.29, 0.717) is 12.8 Å². The molecule has 19 heteroatoms. The van der Waals surface area contributed by atoms with E-state index in [2.05, 4.69) is 67.8 Å². The number of carbonyl (C=O) groups is 1. The zero-order valence-corrected chi connectivity index (χ0v) is 49.7. The van der Waals surface area contributed by atoms with Crippen LogP contribution in [0.5, 0.6) is 0 Å². The molecule has 1 amide bonds. The molecular weight excluding hydrogens is 1060 g/mol. The summed E-state index contributed by atoms with van der Waals surface area (Å²) in [5.74, 6) is -0.294. The molecule has 3 aliphatic rings. The minimum Gasteiger partial charge on any atom is -0.394 e. The van der Waals surface area contributed by atoms with Crippen molar-refractivity contribution < 1.29 is 89.4 Å². The monoisotopic (exact) mass is 1170 g/mol. The Morgan fingerprint density at radius 2 is 0.829 bits per heavy atom. The summed E-state index contributed by atoms with van der Waals surface area (Å²) in [4.78, 5) is 13.3. The number of amides is 1. The molecule has 12 N–H and O–H groups in total. The van der Waals surface area contributed by atoms with Gasteiger partial charge in [-0.3, -0.25) is 4.79 Å². The Labute approximate surface area is 490 Å². The van der Waals surface area contributed by atoms with Crippen LogP contribution in [0.2, 0.25) is 0 Å². The summed E-state index contributed by atoms with van der Waals surface area (Å²) in [5.41, 5.74) is 0. The lowest BCUT2D eigenvalue weighted by atomic mass is 9.96. The van der Waals surface area contributed by atoms with Crippen molar-refractivity contribution in [3.05, 3.63) is 60.8 Å². The van der Waals surface area contributed by atoms with Crippen LogP contribution < -0.4 is 5.32 Å². The van der Waals surface area contributed by atoms with Crippen molar-refractivity contribution in [1.82, 2.24) is 5.32 Å². The van der Waals surface area contributed by atoms with Gasteiger partial charge in [0.05, 0.1) is 38.6 Å². The van der Waals surface area contributed by atoms with Crippen molar-refractivity contribution in [2.24, 2.45) is 0 Å². The molecule has 0 aromatic heterocycles. The first-order valence-corrected chi connectivity index (χ1v) is 31.5. The zero-order valence-electron chi connectivity index (χ0n) is 49.7. The highest BCUT2D eigenvalue weighted by molar-refractivity contribution is 5.76. The molecule has 0 saturated carbocycles. The molecule has 3 aliphatic heterocycles. The van der Waals surface area contributed by atoms with E-state index < -0.39 is 124 Å². The second-order valence-electron chi connectivity index (χ2n) is 22.5. The Kier molecular flexibility index (Phi) is 41.2. The first-order chi connectivity index (χ1) is 39.8. The molecule has 0 aliphatic carbocycles. The third-order valence-electron chi connectivity index (χ3n) is 15.5. The van der Waals surface area contributed by atoms with Gasteiger partial charge in [0.25, 0.3) is 0 Å². The highest BCUT2D eigenvalue weighted by atomic mass is 16.8. The molecule has 3 rings (SSSR count). The molecule has 3 fully saturated rings. The van der Waals surface area contributed by atoms with Crippen molar-refractivity contribution >= 4 is 5.91 Å². The van der Waals surface area contributed by atoms with Crippen LogP contribution in [0, 0.1) is 0 Å². The van der Waals surface area contributed by atoms with Crippen LogP contribution in [-0.4, -0.2) is 193 Å². The molecule has 476 valence electrons. The largest absolute Gasteiger partial charge is 0.394 e. The second kappa shape index (κ2) is 45.8. The molecule has 0 bridgehead atoms. The molecule has 17 atom stereocenters. The lowest BCUT2D eigenvalue weighted by molar-refractivity contribution is -0.379. The summed E-state index contributed by atoms with van der Waals surface area (Å²) in [5, 5.41) is 120. The van der Waals surface area contributed by atoms with Gasteiger partial charge in [-0.05, 0) is 70.6 Å². The number of aliphatic hydroxyl groups excluding tert-OH is 11. The summed E-state index contributed by atoms with van der Waals surface area (Å²) in [6.07, 6.45) is 26.4. The van der Waals surface area contributed by atoms with Crippen LogP contribution in [0.4, 0.5) is 0 Å². The van der Waals surface area contributed by atoms with Crippen molar-refractivity contribution in [2.45, 2.75) is 304 Å². The van der Waals surface area contributed by atoms with Crippen LogP contribution in [0.15, 0.2) is 60.8 Å². The van der Waals surface area contributed by atoms with Gasteiger partial charge in [-0.1, -0.05) is 184 Å². The van der Waals surface area contributed by atoms with E-state index in [1.165, 1.54) is 116 Å². The van der Waals surface area contributed by atoms with Gasteiger partial charge in [-0.15, -0.1) is 0 Å². The van der Waals surface area contributed by atoms with E-state index >= 15 is 0 Å². The Morgan fingerprint density at radius 1 is 0.439 bits per heavy atom. The van der Waals surface area contributed by atoms with Crippen LogP contribution in [-0.2, 0) is 33.2 Å². The third kappa shape index (κ3) is 28.8. The molecule has 0 aromatic carbocycles. The van der Waals surface area contributed by atoms with Crippen LogP contribution in [0.1, 0.15) is 200 Å². The zero-order chi connectivity index (χ0) is 59.7. The van der Waals surface area contributed by atoms with Crippen molar-refractivity contribution in [3.8, 4) is 0 Å². The maximum atomic E-state index is 13.3. The first-order valence-electron chi connectivity index (χ1n) is 31.5. The van der Waals surface area contributed by atoms with Gasteiger partial charge in [0.2, 0.25) is 5.91 Å². The maximum absolute atomic E-state index is 13.3. The number of allylic oxidation sites excluding steroid dienone is 9. The number of nitrogens with one attached hydrogen (secondary N) is 1. The van der Waals surface area contributed by atoms with E-state index in [9.17, 15) is 61.0 Å². The molecule has 17 unspecified atom stereocenters. The molecular formula is C63H111NO18. The van der Waals surface area contributed by atoms with E-state index in [0.717, 1.165) is 51.4 Å². The number of ether oxygens (including phenoxy) is 6. The number of aliphatic hydroxyl groups is 11. The predicted molar refractivity (Wildman–Crippen MR) is 314 cm³/mol. The van der Waals surface area contributed by atoms with E-state index in [4.69, 9.17) is 28.4 Å². The lowest BCUT2D eigenvalue weighted by Crippen LogP contribution is -2.66. The molecule has 0 spiro atoms. The quantitative estimate of drug-likeness (QED) is 0.0231. The maximum Gasteiger partial charge on any atom is 0.220 e. The average Bonchev–Trinajstić information content (AvgIpc) is 3.19. The molecule has 82 heavy (non-hydrogen) atoms. The fourth-order valence-electron chi connectivity index (χ4n) is 10.3. The van der Waals surface area contributed by atoms with Gasteiger partial charge >= 0.3 is 0 Å². The van der Waals surface area contributed by atoms with Gasteiger partial charge in [0, 0.05) is 6.42 Å². The Balaban J connectivity index is 1.44. The highest BCUT2D eigenvalue weighted by Gasteiger charge is 2.53. The minimum absolute atomic E-state index is 0.229. The summed E-state index contributed by atoms with van der Waals surface area (Å²) in [6.45, 7) is 1.62. The van der Waals surface area contributed by atoms with Gasteiger partial charge < -0.3 is 89.9 Å². The molecule has 3 saturated heterocycles. The third-order valence-corrected chi connectivity index (χ3v) is 15.5. The Morgan fingerprint density at radius 3 is 1.33 bits per heavy atom. The van der Waals surface area contributed by atoms with Crippen molar-refractivity contribution in [2.75, 3.05) is 26.4 Å². The highest BCUT2D eigenvalue weighted by Crippen LogP contribution is 2.33. The fraction of sp³-hybridized carbons (Fsp3) is 0.825. The van der Waals surface area contributed by atoms with Gasteiger partial charge in [-0.2, -0.15) is 0 Å². The van der Waals surface area contributed by atoms with E-state index in [1.54, 1.807) is 6.08 Å². The van der Waals surface area contributed by atoms with Gasteiger partial charge in [0.15, 0.2) is 18.9 Å². The Bertz CT molecular complexity index is 1730. The normalized spacial score (nSPS) is 30.0. The predicted octanol–water partition coefficient (Wildman–Crippen LogP) is 6.43. The molecule has 3 heterocycles. The number of hydrogen-bond donors (Lipinski definition) is 12. The summed E-state index contributed by atoms with van der Waals surface area (Å²) < 4.78 is 34.2. The van der Waals surface area contributed by atoms with E-state index in [1.807, 2.05) is 6.08 Å². The van der Waals surface area contributed by atoms with Crippen LogP contribution in [0.3, 0.4) is 0 Å². The number of unbranched alkanes of at least 4 members (excludes halogenated alkanes) is 22. The standard InChI is InChI=1S/C63H111NO18/c1-3-5-7-9-11-13-15-17-18-19-20-21-22-23-24-25-26-27-28-29-31-33-35-37-39-41-51(69)64-46(47(68)40-38-36-34-32-30-16-14-12-10-8-6-4-2)45-77-61-57(75)54(72)59(49(43-66)79-61)82-63-58(76)55(73)60(50(44-67)80-63)81-62-56(74)53(71)52(70)48(42-65)78-62/h10,12,15,17,19-20,30,32,38,40,46-50,52-63,65-68,70-76H,3-9,11,13-14,16,18,21-29,31,33-37,39,41-45H2,1-2H3,(H,64,69)/b12-10+,17-15-,20-19-,32-30+,40-38+. The SMILES string of the molecule is CCCC/C=C/CC/C=C/CC/C=C/C(O)C(COC1OC(CO)C(OC2OC(CO)C(OC3OC(CO)C(O)C(O)C3O)C(O)C2O)C(O)C1O)NC(=O)CCCCCCCCCCCCCCC/C=C\C/C=C\CCCCCCC. The number of hydrogen-bond acceptors (Lipinski definition) is 18. The first kappa shape index (κ1) is 73.7. The van der Waals surface area contributed by atoms with E-state index in [-0.39, 0.29) is 18.9 Å². The van der Waals surface area contributed by atoms with Crippen molar-refractivity contribution in [3.63, 3.8) is 0 Å². The summed E-state index contributed by atoms with van der Waals surface area (Å²) >= 11 is 0. The topological polar surface area (TPSA) is 307 Å². The molecule has 0 radical (unpaired) electrons. The van der Waals surface area contributed by atoms with Gasteiger partial charge in [-0.25, -0.2) is 0 Å². The van der Waals surface area contributed by atoms with Gasteiger partial charge in [0.1, 0.15) is 73.2 Å². The van der Waals surface area contributed by atoms with Crippen molar-refractivity contribution in [1.29, 1.82) is 0 Å². The summed E-state index contributed by atoms with van der Waals surface area (Å²) in [7, 11) is 0. The Hall–Kier alpha value is -2.51. The number of rotatable bonds is 46.